The number of fused-ring (bicyclic) bond motifs is 1. The predicted octanol–water partition coefficient (Wildman–Crippen LogP) is 3.70. The van der Waals surface area contributed by atoms with Crippen molar-refractivity contribution in [3.8, 4) is 0 Å². The van der Waals surface area contributed by atoms with Crippen LogP contribution in [-0.2, 0) is 6.42 Å². The summed E-state index contributed by atoms with van der Waals surface area (Å²) in [6.45, 7) is 7.38. The van der Waals surface area contributed by atoms with Crippen LogP contribution in [0, 0.1) is 5.41 Å². The van der Waals surface area contributed by atoms with Crippen molar-refractivity contribution in [3.63, 3.8) is 0 Å². The Labute approximate surface area is 127 Å². The molecule has 0 saturated carbocycles. The summed E-state index contributed by atoms with van der Waals surface area (Å²) in [5.74, 6) is 0.215. The largest absolute Gasteiger partial charge is 0.385 e. The fourth-order valence-electron chi connectivity index (χ4n) is 3.73. The molecule has 0 atom stereocenters. The summed E-state index contributed by atoms with van der Waals surface area (Å²) in [5.41, 5.74) is 3.71. The van der Waals surface area contributed by atoms with Crippen LogP contribution in [0.15, 0.2) is 18.2 Å². The number of likely N-dealkylation sites (tertiary alicyclic amines) is 1. The van der Waals surface area contributed by atoms with Gasteiger partial charge in [-0.2, -0.15) is 0 Å². The first-order valence-corrected chi connectivity index (χ1v) is 8.33. The van der Waals surface area contributed by atoms with Gasteiger partial charge in [0.15, 0.2) is 0 Å². The van der Waals surface area contributed by atoms with Gasteiger partial charge in [-0.15, -0.1) is 0 Å². The zero-order valence-electron chi connectivity index (χ0n) is 13.2. The molecule has 0 aromatic heterocycles. The quantitative estimate of drug-likeness (QED) is 0.919. The molecule has 0 unspecified atom stereocenters. The Morgan fingerprint density at radius 1 is 1.33 bits per heavy atom. The third-order valence-corrected chi connectivity index (χ3v) is 5.52. The van der Waals surface area contributed by atoms with Crippen molar-refractivity contribution >= 4 is 11.6 Å². The van der Waals surface area contributed by atoms with E-state index < -0.39 is 0 Å². The number of aryl methyl sites for hydroxylation is 1. The second kappa shape index (κ2) is 5.70. The molecule has 2 heterocycles. The molecule has 1 amide bonds. The topological polar surface area (TPSA) is 32.3 Å². The number of anilines is 1. The standard InChI is InChI=1S/C18H26N2O/c1-3-18(4-2)9-11-20(13-18)17(21)15-7-8-16-14(12-15)6-5-10-19-16/h7-8,12,19H,3-6,9-11,13H2,1-2H3. The van der Waals surface area contributed by atoms with Crippen LogP contribution in [0.2, 0.25) is 0 Å². The zero-order chi connectivity index (χ0) is 14.9. The van der Waals surface area contributed by atoms with Crippen LogP contribution in [-0.4, -0.2) is 30.4 Å². The van der Waals surface area contributed by atoms with Gasteiger partial charge in [-0.1, -0.05) is 13.8 Å². The SMILES string of the molecule is CCC1(CC)CCN(C(=O)c2ccc3c(c2)CCCN3)C1. The molecule has 1 saturated heterocycles. The highest BCUT2D eigenvalue weighted by atomic mass is 16.2. The Morgan fingerprint density at radius 2 is 2.14 bits per heavy atom. The van der Waals surface area contributed by atoms with Gasteiger partial charge in [-0.25, -0.2) is 0 Å². The highest BCUT2D eigenvalue weighted by Crippen LogP contribution is 2.37. The molecule has 3 nitrogen and oxygen atoms in total. The van der Waals surface area contributed by atoms with Gasteiger partial charge in [-0.3, -0.25) is 4.79 Å². The lowest BCUT2D eigenvalue weighted by Gasteiger charge is -2.26. The van der Waals surface area contributed by atoms with Gasteiger partial charge < -0.3 is 10.2 Å². The summed E-state index contributed by atoms with van der Waals surface area (Å²) in [6.07, 6.45) is 5.72. The van der Waals surface area contributed by atoms with E-state index >= 15 is 0 Å². The number of carbonyl (C=O) groups is 1. The molecule has 1 aromatic carbocycles. The van der Waals surface area contributed by atoms with Gasteiger partial charge in [0.25, 0.3) is 5.91 Å². The maximum atomic E-state index is 12.8. The van der Waals surface area contributed by atoms with Crippen LogP contribution >= 0.6 is 0 Å². The number of hydrogen-bond donors (Lipinski definition) is 1. The van der Waals surface area contributed by atoms with E-state index in [9.17, 15) is 4.79 Å². The fourth-order valence-corrected chi connectivity index (χ4v) is 3.73. The molecule has 1 N–H and O–H groups in total. The van der Waals surface area contributed by atoms with E-state index in [4.69, 9.17) is 0 Å². The maximum absolute atomic E-state index is 12.8. The minimum absolute atomic E-state index is 0.215. The zero-order valence-corrected chi connectivity index (χ0v) is 13.2. The molecule has 0 spiro atoms. The lowest BCUT2D eigenvalue weighted by Crippen LogP contribution is -2.32. The van der Waals surface area contributed by atoms with Crippen molar-refractivity contribution in [2.24, 2.45) is 5.41 Å². The minimum Gasteiger partial charge on any atom is -0.385 e. The third-order valence-electron chi connectivity index (χ3n) is 5.52. The van der Waals surface area contributed by atoms with Crippen molar-refractivity contribution in [3.05, 3.63) is 29.3 Å². The molecule has 3 heteroatoms. The molecule has 0 radical (unpaired) electrons. The van der Waals surface area contributed by atoms with E-state index in [0.717, 1.165) is 44.5 Å². The molecule has 0 aliphatic carbocycles. The number of amides is 1. The summed E-state index contributed by atoms with van der Waals surface area (Å²) < 4.78 is 0. The summed E-state index contributed by atoms with van der Waals surface area (Å²) in [7, 11) is 0. The number of rotatable bonds is 3. The Bertz CT molecular complexity index is 534. The van der Waals surface area contributed by atoms with Crippen molar-refractivity contribution < 1.29 is 4.79 Å². The van der Waals surface area contributed by atoms with E-state index in [2.05, 4.69) is 36.2 Å². The second-order valence-corrected chi connectivity index (χ2v) is 6.59. The lowest BCUT2D eigenvalue weighted by atomic mass is 9.82. The molecule has 1 aromatic rings. The molecule has 1 fully saturated rings. The average molecular weight is 286 g/mol. The van der Waals surface area contributed by atoms with Gasteiger partial charge >= 0.3 is 0 Å². The average Bonchev–Trinajstić information content (AvgIpc) is 2.99. The Morgan fingerprint density at radius 3 is 2.86 bits per heavy atom. The highest BCUT2D eigenvalue weighted by Gasteiger charge is 2.37. The van der Waals surface area contributed by atoms with E-state index in [1.165, 1.54) is 24.1 Å². The van der Waals surface area contributed by atoms with Gasteiger partial charge in [-0.05, 0) is 61.3 Å². The van der Waals surface area contributed by atoms with Crippen LogP contribution in [0.25, 0.3) is 0 Å². The predicted molar refractivity (Wildman–Crippen MR) is 86.8 cm³/mol. The molecule has 0 bridgehead atoms. The summed E-state index contributed by atoms with van der Waals surface area (Å²) in [4.78, 5) is 14.8. The molecular formula is C18H26N2O. The van der Waals surface area contributed by atoms with Crippen LogP contribution in [0.3, 0.4) is 0 Å². The molecule has 114 valence electrons. The van der Waals surface area contributed by atoms with E-state index in [1.807, 2.05) is 6.07 Å². The Balaban J connectivity index is 1.77. The van der Waals surface area contributed by atoms with Gasteiger partial charge in [0, 0.05) is 30.9 Å². The first kappa shape index (κ1) is 14.4. The lowest BCUT2D eigenvalue weighted by molar-refractivity contribution is 0.0770. The van der Waals surface area contributed by atoms with Crippen molar-refractivity contribution in [1.29, 1.82) is 0 Å². The Hall–Kier alpha value is -1.51. The van der Waals surface area contributed by atoms with Crippen LogP contribution < -0.4 is 5.32 Å². The number of nitrogens with one attached hydrogen (secondary N) is 1. The summed E-state index contributed by atoms with van der Waals surface area (Å²) in [6, 6.07) is 6.16. The maximum Gasteiger partial charge on any atom is 0.253 e. The van der Waals surface area contributed by atoms with Gasteiger partial charge in [0.2, 0.25) is 0 Å². The smallest absolute Gasteiger partial charge is 0.253 e. The van der Waals surface area contributed by atoms with E-state index in [1.54, 1.807) is 0 Å². The Kier molecular flexibility index (Phi) is 3.92. The fraction of sp³-hybridized carbons (Fsp3) is 0.611. The first-order valence-electron chi connectivity index (χ1n) is 8.33. The first-order chi connectivity index (χ1) is 10.2. The third kappa shape index (κ3) is 2.66. The number of nitrogens with zero attached hydrogens (tertiary/aromatic N) is 1. The molecule has 2 aliphatic rings. The van der Waals surface area contributed by atoms with Gasteiger partial charge in [0.1, 0.15) is 0 Å². The van der Waals surface area contributed by atoms with Crippen molar-refractivity contribution in [2.45, 2.75) is 46.0 Å². The molecule has 2 aliphatic heterocycles. The van der Waals surface area contributed by atoms with Crippen molar-refractivity contribution in [1.82, 2.24) is 4.90 Å². The number of carbonyl (C=O) groups excluding carboxylic acids is 1. The normalized spacial score (nSPS) is 20.0. The van der Waals surface area contributed by atoms with Crippen LogP contribution in [0.1, 0.15) is 55.5 Å². The highest BCUT2D eigenvalue weighted by molar-refractivity contribution is 5.95. The van der Waals surface area contributed by atoms with E-state index in [0.29, 0.717) is 5.41 Å². The van der Waals surface area contributed by atoms with Gasteiger partial charge in [0.05, 0.1) is 0 Å². The van der Waals surface area contributed by atoms with Crippen LogP contribution in [0.5, 0.6) is 0 Å². The second-order valence-electron chi connectivity index (χ2n) is 6.59. The summed E-state index contributed by atoms with van der Waals surface area (Å²) in [5, 5.41) is 3.40. The summed E-state index contributed by atoms with van der Waals surface area (Å²) >= 11 is 0. The van der Waals surface area contributed by atoms with E-state index in [-0.39, 0.29) is 5.91 Å². The number of benzene rings is 1. The number of hydrogen-bond acceptors (Lipinski definition) is 2. The minimum atomic E-state index is 0.215. The molecule has 3 rings (SSSR count). The molecule has 21 heavy (non-hydrogen) atoms. The van der Waals surface area contributed by atoms with Crippen molar-refractivity contribution in [2.75, 3.05) is 25.0 Å². The van der Waals surface area contributed by atoms with Crippen LogP contribution in [0.4, 0.5) is 5.69 Å². The monoisotopic (exact) mass is 286 g/mol. The molecular weight excluding hydrogens is 260 g/mol.